The van der Waals surface area contributed by atoms with Crippen LogP contribution in [0.4, 0.5) is 0 Å². The first-order chi connectivity index (χ1) is 13.4. The van der Waals surface area contributed by atoms with Crippen molar-refractivity contribution in [1.29, 1.82) is 0 Å². The Hall–Kier alpha value is -2.16. The van der Waals surface area contributed by atoms with Crippen LogP contribution in [-0.4, -0.2) is 35.6 Å². The molecule has 0 saturated carbocycles. The van der Waals surface area contributed by atoms with Crippen molar-refractivity contribution >= 4 is 23.6 Å². The van der Waals surface area contributed by atoms with Gasteiger partial charge in [0.2, 0.25) is 4.77 Å². The highest BCUT2D eigenvalue weighted by molar-refractivity contribution is 7.71. The van der Waals surface area contributed by atoms with E-state index in [2.05, 4.69) is 37.6 Å². The van der Waals surface area contributed by atoms with E-state index in [1.165, 1.54) is 20.9 Å². The summed E-state index contributed by atoms with van der Waals surface area (Å²) in [6.07, 6.45) is 0.804. The minimum absolute atomic E-state index is 0.699. The van der Waals surface area contributed by atoms with Crippen molar-refractivity contribution in [3.05, 3.63) is 56.2 Å². The fourth-order valence-corrected chi connectivity index (χ4v) is 4.12. The van der Waals surface area contributed by atoms with Crippen LogP contribution in [0, 0.1) is 11.7 Å². The summed E-state index contributed by atoms with van der Waals surface area (Å²) >= 11 is 7.35. The van der Waals surface area contributed by atoms with Gasteiger partial charge in [0.15, 0.2) is 18.2 Å². The lowest BCUT2D eigenvalue weighted by molar-refractivity contribution is -0.917. The largest absolute Gasteiger partial charge is 0.493 e. The molecular formula is C20H27N4O2S2+. The van der Waals surface area contributed by atoms with Gasteiger partial charge >= 0.3 is 0 Å². The second-order valence-electron chi connectivity index (χ2n) is 6.94. The highest BCUT2D eigenvalue weighted by Crippen LogP contribution is 2.29. The molecular weight excluding hydrogens is 392 g/mol. The summed E-state index contributed by atoms with van der Waals surface area (Å²) in [7, 11) is 7.45. The fourth-order valence-electron chi connectivity index (χ4n) is 3.21. The minimum atomic E-state index is 0.699. The first kappa shape index (κ1) is 20.6. The normalized spacial score (nSPS) is 12.2. The molecule has 1 unspecified atom stereocenters. The van der Waals surface area contributed by atoms with Crippen LogP contribution < -0.4 is 14.4 Å². The molecule has 150 valence electrons. The Morgan fingerprint density at radius 3 is 2.57 bits per heavy atom. The van der Waals surface area contributed by atoms with Crippen molar-refractivity contribution in [2.45, 2.75) is 26.6 Å². The summed E-state index contributed by atoms with van der Waals surface area (Å²) in [5.74, 6) is 2.50. The number of thiophene rings is 1. The molecule has 2 heterocycles. The number of aryl methyl sites for hydroxylation is 1. The first-order valence-electron chi connectivity index (χ1n) is 9.10. The van der Waals surface area contributed by atoms with E-state index in [1.807, 2.05) is 22.4 Å². The number of nitrogens with zero attached hydrogens (tertiary/aromatic N) is 3. The van der Waals surface area contributed by atoms with Crippen molar-refractivity contribution in [2.24, 2.45) is 7.05 Å². The number of nitrogens with one attached hydrogen (secondary N) is 1. The van der Waals surface area contributed by atoms with Gasteiger partial charge in [-0.2, -0.15) is 9.78 Å². The second-order valence-corrected chi connectivity index (χ2v) is 8.34. The number of hydrogen-bond donors (Lipinski definition) is 1. The van der Waals surface area contributed by atoms with Gasteiger partial charge < -0.3 is 18.9 Å². The molecule has 1 aromatic carbocycles. The molecule has 3 aromatic rings. The van der Waals surface area contributed by atoms with E-state index in [-0.39, 0.29) is 0 Å². The number of methoxy groups -OCH3 is 2. The molecule has 6 nitrogen and oxygen atoms in total. The predicted molar refractivity (Wildman–Crippen MR) is 114 cm³/mol. The molecule has 1 N–H and O–H groups in total. The molecule has 0 aliphatic carbocycles. The molecule has 28 heavy (non-hydrogen) atoms. The lowest BCUT2D eigenvalue weighted by Gasteiger charge is -2.17. The number of hydrogen-bond acceptors (Lipinski definition) is 5. The Balaban J connectivity index is 1.75. The van der Waals surface area contributed by atoms with Crippen molar-refractivity contribution in [3.63, 3.8) is 0 Å². The van der Waals surface area contributed by atoms with Crippen molar-refractivity contribution < 1.29 is 14.4 Å². The molecule has 0 aliphatic rings. The SMILES string of the molecule is COc1cc(C)c(C[NH+](C)Cn2nc(Cc3cccs3)n(C)c2=S)cc1OC. The minimum Gasteiger partial charge on any atom is -0.493 e. The smallest absolute Gasteiger partial charge is 0.202 e. The van der Waals surface area contributed by atoms with Gasteiger partial charge in [0.1, 0.15) is 12.4 Å². The molecule has 0 fully saturated rings. The number of ether oxygens (including phenoxy) is 2. The van der Waals surface area contributed by atoms with Gasteiger partial charge in [-0.15, -0.1) is 11.3 Å². The fraction of sp³-hybridized carbons (Fsp3) is 0.400. The predicted octanol–water partition coefficient (Wildman–Crippen LogP) is 2.60. The van der Waals surface area contributed by atoms with Crippen LogP contribution in [0.15, 0.2) is 29.6 Å². The Kier molecular flexibility index (Phi) is 6.53. The van der Waals surface area contributed by atoms with Gasteiger partial charge in [0.25, 0.3) is 0 Å². The average Bonchev–Trinajstić information content (AvgIpc) is 3.27. The third kappa shape index (κ3) is 4.45. The number of rotatable bonds is 8. The zero-order valence-electron chi connectivity index (χ0n) is 17.0. The van der Waals surface area contributed by atoms with E-state index in [9.17, 15) is 0 Å². The van der Waals surface area contributed by atoms with E-state index in [0.717, 1.165) is 35.1 Å². The quantitative estimate of drug-likeness (QED) is 0.570. The molecule has 0 amide bonds. The lowest BCUT2D eigenvalue weighted by Crippen LogP contribution is -3.07. The number of quaternary nitrogens is 1. The average molecular weight is 420 g/mol. The molecule has 0 aliphatic heterocycles. The zero-order chi connectivity index (χ0) is 20.3. The summed E-state index contributed by atoms with van der Waals surface area (Å²) in [6.45, 7) is 3.63. The van der Waals surface area contributed by atoms with Gasteiger partial charge in [-0.1, -0.05) is 6.07 Å². The molecule has 0 bridgehead atoms. The summed E-state index contributed by atoms with van der Waals surface area (Å²) in [5, 5.41) is 6.85. The van der Waals surface area contributed by atoms with Crippen molar-refractivity contribution in [3.8, 4) is 11.5 Å². The topological polar surface area (TPSA) is 45.7 Å². The molecule has 2 aromatic heterocycles. The van der Waals surface area contributed by atoms with Crippen LogP contribution in [0.5, 0.6) is 11.5 Å². The molecule has 1 atom stereocenters. The summed E-state index contributed by atoms with van der Waals surface area (Å²) in [4.78, 5) is 2.57. The van der Waals surface area contributed by atoms with Crippen LogP contribution in [0.3, 0.4) is 0 Å². The van der Waals surface area contributed by atoms with Crippen LogP contribution in [-0.2, 0) is 26.7 Å². The summed E-state index contributed by atoms with van der Waals surface area (Å²) in [6, 6.07) is 8.27. The maximum atomic E-state index is 5.61. The highest BCUT2D eigenvalue weighted by Gasteiger charge is 2.15. The summed E-state index contributed by atoms with van der Waals surface area (Å²) < 4.78 is 15.5. The van der Waals surface area contributed by atoms with Crippen LogP contribution in [0.25, 0.3) is 0 Å². The Morgan fingerprint density at radius 1 is 1.21 bits per heavy atom. The van der Waals surface area contributed by atoms with E-state index in [1.54, 1.807) is 25.6 Å². The maximum absolute atomic E-state index is 5.61. The Labute approximate surface area is 174 Å². The third-order valence-corrected chi connectivity index (χ3v) is 6.16. The zero-order valence-corrected chi connectivity index (χ0v) is 18.6. The summed E-state index contributed by atoms with van der Waals surface area (Å²) in [5.41, 5.74) is 2.40. The Bertz CT molecular complexity index is 993. The van der Waals surface area contributed by atoms with Crippen LogP contribution >= 0.6 is 23.6 Å². The van der Waals surface area contributed by atoms with Crippen LogP contribution in [0.2, 0.25) is 0 Å². The van der Waals surface area contributed by atoms with E-state index in [0.29, 0.717) is 6.67 Å². The van der Waals surface area contributed by atoms with Gasteiger partial charge in [-0.25, -0.2) is 0 Å². The van der Waals surface area contributed by atoms with Crippen molar-refractivity contribution in [2.75, 3.05) is 21.3 Å². The molecule has 3 rings (SSSR count). The van der Waals surface area contributed by atoms with E-state index >= 15 is 0 Å². The Morgan fingerprint density at radius 2 is 1.93 bits per heavy atom. The number of benzene rings is 1. The number of aromatic nitrogens is 3. The van der Waals surface area contributed by atoms with E-state index in [4.69, 9.17) is 26.8 Å². The van der Waals surface area contributed by atoms with Gasteiger partial charge in [0.05, 0.1) is 21.3 Å². The molecule has 0 saturated heterocycles. The van der Waals surface area contributed by atoms with Crippen molar-refractivity contribution in [1.82, 2.24) is 14.3 Å². The standard InChI is InChI=1S/C20H26N4O2S2/c1-14-9-17(25-4)18(26-5)10-15(14)12-22(2)13-24-20(27)23(3)19(21-24)11-16-7-6-8-28-16/h6-10H,11-13H2,1-5H3/p+1. The molecule has 0 radical (unpaired) electrons. The highest BCUT2D eigenvalue weighted by atomic mass is 32.1. The maximum Gasteiger partial charge on any atom is 0.202 e. The molecule has 8 heteroatoms. The third-order valence-electron chi connectivity index (χ3n) is 4.80. The monoisotopic (exact) mass is 419 g/mol. The van der Waals surface area contributed by atoms with Gasteiger partial charge in [0, 0.05) is 23.9 Å². The van der Waals surface area contributed by atoms with Gasteiger partial charge in [-0.05, 0) is 48.3 Å². The van der Waals surface area contributed by atoms with Crippen LogP contribution in [0.1, 0.15) is 21.8 Å². The van der Waals surface area contributed by atoms with Gasteiger partial charge in [-0.3, -0.25) is 0 Å². The van der Waals surface area contributed by atoms with E-state index < -0.39 is 0 Å². The lowest BCUT2D eigenvalue weighted by atomic mass is 10.1. The second kappa shape index (κ2) is 8.89. The molecule has 0 spiro atoms. The first-order valence-corrected chi connectivity index (χ1v) is 10.4.